The van der Waals surface area contributed by atoms with Gasteiger partial charge >= 0.3 is 5.97 Å². The number of hydrogen-bond donors (Lipinski definition) is 1. The Kier molecular flexibility index (Phi) is 2.86. The van der Waals surface area contributed by atoms with Gasteiger partial charge in [0.1, 0.15) is 5.75 Å². The molecule has 0 aromatic heterocycles. The third-order valence-corrected chi connectivity index (χ3v) is 3.72. The van der Waals surface area contributed by atoms with Gasteiger partial charge in [0.05, 0.1) is 17.9 Å². The Labute approximate surface area is 92.4 Å². The lowest BCUT2D eigenvalue weighted by Crippen LogP contribution is -2.16. The fraction of sp³-hybridized carbons (Fsp3) is 0.364. The highest BCUT2D eigenvalue weighted by Crippen LogP contribution is 2.42. The third-order valence-electron chi connectivity index (χ3n) is 2.56. The van der Waals surface area contributed by atoms with Crippen molar-refractivity contribution in [2.45, 2.75) is 17.2 Å². The van der Waals surface area contributed by atoms with Crippen molar-refractivity contribution in [3.05, 3.63) is 23.8 Å². The highest BCUT2D eigenvalue weighted by molar-refractivity contribution is 7.99. The minimum absolute atomic E-state index is 0.378. The van der Waals surface area contributed by atoms with Crippen molar-refractivity contribution in [2.75, 3.05) is 12.9 Å². The normalized spacial score (nSPS) is 19.4. The molecule has 0 amide bonds. The summed E-state index contributed by atoms with van der Waals surface area (Å²) < 4.78 is 5.23. The van der Waals surface area contributed by atoms with Crippen LogP contribution >= 0.6 is 11.8 Å². The van der Waals surface area contributed by atoms with E-state index < -0.39 is 5.97 Å². The molecule has 1 aromatic carbocycles. The average molecular weight is 224 g/mol. The maximum Gasteiger partial charge on any atom is 0.311 e. The fourth-order valence-electron chi connectivity index (χ4n) is 1.81. The van der Waals surface area contributed by atoms with Gasteiger partial charge in [-0.15, -0.1) is 11.8 Å². The number of methoxy groups -OCH3 is 1. The zero-order valence-corrected chi connectivity index (χ0v) is 9.21. The van der Waals surface area contributed by atoms with Crippen molar-refractivity contribution < 1.29 is 14.6 Å². The number of carboxylic acid groups (broad SMARTS) is 1. The van der Waals surface area contributed by atoms with Crippen molar-refractivity contribution >= 4 is 17.7 Å². The van der Waals surface area contributed by atoms with Gasteiger partial charge in [0.2, 0.25) is 0 Å². The van der Waals surface area contributed by atoms with Crippen molar-refractivity contribution in [3.8, 4) is 5.75 Å². The molecular weight excluding hydrogens is 212 g/mol. The van der Waals surface area contributed by atoms with Crippen LogP contribution in [-0.2, 0) is 4.79 Å². The van der Waals surface area contributed by atoms with Crippen LogP contribution in [0.5, 0.6) is 5.75 Å². The number of fused-ring (bicyclic) bond motifs is 1. The van der Waals surface area contributed by atoms with Crippen molar-refractivity contribution in [3.63, 3.8) is 0 Å². The van der Waals surface area contributed by atoms with E-state index in [2.05, 4.69) is 0 Å². The molecule has 15 heavy (non-hydrogen) atoms. The zero-order chi connectivity index (χ0) is 10.8. The zero-order valence-electron chi connectivity index (χ0n) is 8.40. The Morgan fingerprint density at radius 1 is 1.60 bits per heavy atom. The van der Waals surface area contributed by atoms with Gasteiger partial charge < -0.3 is 9.84 Å². The standard InChI is InChI=1S/C11H12O3S/c1-14-9-4-2-3-7-8(11(12)13)5-6-15-10(7)9/h2-4,8H,5-6H2,1H3,(H,12,13). The van der Waals surface area contributed by atoms with Crippen molar-refractivity contribution in [1.82, 2.24) is 0 Å². The molecule has 4 heteroatoms. The quantitative estimate of drug-likeness (QED) is 0.837. The maximum absolute atomic E-state index is 11.1. The number of hydrogen-bond acceptors (Lipinski definition) is 3. The van der Waals surface area contributed by atoms with Crippen LogP contribution in [0.1, 0.15) is 17.9 Å². The molecule has 0 spiro atoms. The molecule has 80 valence electrons. The van der Waals surface area contributed by atoms with E-state index in [4.69, 9.17) is 9.84 Å². The second kappa shape index (κ2) is 4.14. The molecule has 1 aliphatic heterocycles. The minimum Gasteiger partial charge on any atom is -0.496 e. The Hall–Kier alpha value is -1.16. The van der Waals surface area contributed by atoms with Crippen LogP contribution in [0.25, 0.3) is 0 Å². The lowest BCUT2D eigenvalue weighted by atomic mass is 9.96. The van der Waals surface area contributed by atoms with Crippen LogP contribution in [0.3, 0.4) is 0 Å². The smallest absolute Gasteiger partial charge is 0.311 e. The van der Waals surface area contributed by atoms with Gasteiger partial charge in [-0.3, -0.25) is 4.79 Å². The molecule has 0 saturated heterocycles. The summed E-state index contributed by atoms with van der Waals surface area (Å²) in [5.74, 6) is 0.495. The topological polar surface area (TPSA) is 46.5 Å². The summed E-state index contributed by atoms with van der Waals surface area (Å²) in [6.07, 6.45) is 0.695. The summed E-state index contributed by atoms with van der Waals surface area (Å²) in [6.45, 7) is 0. The van der Waals surface area contributed by atoms with E-state index in [9.17, 15) is 4.79 Å². The monoisotopic (exact) mass is 224 g/mol. The second-order valence-corrected chi connectivity index (χ2v) is 4.51. The molecule has 1 atom stereocenters. The molecule has 1 N–H and O–H groups in total. The minimum atomic E-state index is -0.746. The molecule has 0 fully saturated rings. The molecule has 1 aromatic rings. The molecule has 1 unspecified atom stereocenters. The number of carbonyl (C=O) groups is 1. The van der Waals surface area contributed by atoms with E-state index in [0.29, 0.717) is 6.42 Å². The van der Waals surface area contributed by atoms with Gasteiger partial charge in [0, 0.05) is 0 Å². The summed E-state index contributed by atoms with van der Waals surface area (Å²) in [6, 6.07) is 5.60. The number of benzene rings is 1. The first-order chi connectivity index (χ1) is 7.24. The summed E-state index contributed by atoms with van der Waals surface area (Å²) in [7, 11) is 1.61. The highest BCUT2D eigenvalue weighted by Gasteiger charge is 2.28. The molecule has 1 heterocycles. The Morgan fingerprint density at radius 3 is 3.07 bits per heavy atom. The van der Waals surface area contributed by atoms with Crippen LogP contribution in [0.4, 0.5) is 0 Å². The number of thioether (sulfide) groups is 1. The lowest BCUT2D eigenvalue weighted by Gasteiger charge is -2.23. The number of rotatable bonds is 2. The molecule has 3 nitrogen and oxygen atoms in total. The molecule has 0 bridgehead atoms. The van der Waals surface area contributed by atoms with Gasteiger partial charge in [-0.2, -0.15) is 0 Å². The third kappa shape index (κ3) is 1.81. The average Bonchev–Trinajstić information content (AvgIpc) is 2.27. The van der Waals surface area contributed by atoms with Crippen LogP contribution in [-0.4, -0.2) is 23.9 Å². The van der Waals surface area contributed by atoms with Crippen LogP contribution in [0, 0.1) is 0 Å². The molecular formula is C11H12O3S. The van der Waals surface area contributed by atoms with Gasteiger partial charge in [-0.05, 0) is 23.8 Å². The largest absolute Gasteiger partial charge is 0.496 e. The molecule has 0 aliphatic carbocycles. The van der Waals surface area contributed by atoms with Crippen LogP contribution < -0.4 is 4.74 Å². The maximum atomic E-state index is 11.1. The first kappa shape index (κ1) is 10.4. The van der Waals surface area contributed by atoms with E-state index in [-0.39, 0.29) is 5.92 Å². The number of ether oxygens (including phenoxy) is 1. The van der Waals surface area contributed by atoms with E-state index in [0.717, 1.165) is 22.0 Å². The van der Waals surface area contributed by atoms with E-state index in [1.807, 2.05) is 18.2 Å². The molecule has 2 rings (SSSR count). The van der Waals surface area contributed by atoms with Gasteiger partial charge in [-0.1, -0.05) is 12.1 Å². The second-order valence-electron chi connectivity index (χ2n) is 3.41. The van der Waals surface area contributed by atoms with Gasteiger partial charge in [-0.25, -0.2) is 0 Å². The first-order valence-corrected chi connectivity index (χ1v) is 5.75. The van der Waals surface area contributed by atoms with Gasteiger partial charge in [0.25, 0.3) is 0 Å². The Morgan fingerprint density at radius 2 is 2.40 bits per heavy atom. The summed E-state index contributed by atoms with van der Waals surface area (Å²) in [5, 5.41) is 9.10. The molecule has 1 aliphatic rings. The Bertz CT molecular complexity index is 389. The number of carboxylic acids is 1. The van der Waals surface area contributed by atoms with E-state index in [1.165, 1.54) is 0 Å². The van der Waals surface area contributed by atoms with Crippen molar-refractivity contribution in [1.29, 1.82) is 0 Å². The SMILES string of the molecule is COc1cccc2c1SCCC2C(=O)O. The van der Waals surface area contributed by atoms with E-state index >= 15 is 0 Å². The highest BCUT2D eigenvalue weighted by atomic mass is 32.2. The molecule has 0 saturated carbocycles. The summed E-state index contributed by atoms with van der Waals surface area (Å²) >= 11 is 1.67. The summed E-state index contributed by atoms with van der Waals surface area (Å²) in [5.41, 5.74) is 0.887. The Balaban J connectivity index is 2.48. The summed E-state index contributed by atoms with van der Waals surface area (Å²) in [4.78, 5) is 12.1. The predicted octanol–water partition coefficient (Wildman–Crippen LogP) is 2.36. The van der Waals surface area contributed by atoms with Crippen LogP contribution in [0.2, 0.25) is 0 Å². The molecule has 0 radical (unpaired) electrons. The van der Waals surface area contributed by atoms with Crippen LogP contribution in [0.15, 0.2) is 23.1 Å². The van der Waals surface area contributed by atoms with Gasteiger partial charge in [0.15, 0.2) is 0 Å². The number of aliphatic carboxylic acids is 1. The van der Waals surface area contributed by atoms with Crippen molar-refractivity contribution in [2.24, 2.45) is 0 Å². The fourth-order valence-corrected chi connectivity index (χ4v) is 3.04. The lowest BCUT2D eigenvalue weighted by molar-refractivity contribution is -0.138. The first-order valence-electron chi connectivity index (χ1n) is 4.76. The predicted molar refractivity (Wildman–Crippen MR) is 58.7 cm³/mol. The van der Waals surface area contributed by atoms with E-state index in [1.54, 1.807) is 18.9 Å².